The maximum Gasteiger partial charge on any atom is 0.240 e. The molecule has 22 heavy (non-hydrogen) atoms. The Bertz CT molecular complexity index is 684. The third-order valence-electron chi connectivity index (χ3n) is 3.28. The molecule has 1 heterocycles. The molecule has 0 spiro atoms. The molecule has 0 unspecified atom stereocenters. The summed E-state index contributed by atoms with van der Waals surface area (Å²) in [5.41, 5.74) is 4.50. The Hall–Kier alpha value is -2.82. The quantitative estimate of drug-likeness (QED) is 0.681. The molecule has 1 N–H and O–H groups in total. The van der Waals surface area contributed by atoms with Crippen molar-refractivity contribution < 1.29 is 14.3 Å². The molecule has 3 rings (SSSR count). The first-order chi connectivity index (χ1) is 10.8. The van der Waals surface area contributed by atoms with Gasteiger partial charge in [-0.2, -0.15) is 5.10 Å². The molecule has 0 radical (unpaired) electrons. The monoisotopic (exact) mass is 296 g/mol. The summed E-state index contributed by atoms with van der Waals surface area (Å²) >= 11 is 0. The molecule has 2 aromatic rings. The molecule has 1 aliphatic rings. The summed E-state index contributed by atoms with van der Waals surface area (Å²) in [6, 6.07) is 15.4. The number of benzene rings is 2. The number of hydrogen-bond donors (Lipinski definition) is 1. The molecule has 0 bridgehead atoms. The summed E-state index contributed by atoms with van der Waals surface area (Å²) in [5, 5.41) is 3.96. The molecular weight excluding hydrogens is 280 g/mol. The van der Waals surface area contributed by atoms with Gasteiger partial charge in [-0.05, 0) is 35.7 Å². The van der Waals surface area contributed by atoms with Crippen molar-refractivity contribution in [2.45, 2.75) is 12.8 Å². The number of fused-ring (bicyclic) bond motifs is 1. The maximum atomic E-state index is 11.7. The summed E-state index contributed by atoms with van der Waals surface area (Å²) in [4.78, 5) is 11.7. The predicted octanol–water partition coefficient (Wildman–Crippen LogP) is 2.50. The molecule has 2 aromatic carbocycles. The maximum absolute atomic E-state index is 11.7. The van der Waals surface area contributed by atoms with Gasteiger partial charge in [-0.3, -0.25) is 4.79 Å². The van der Waals surface area contributed by atoms with Crippen molar-refractivity contribution in [2.24, 2.45) is 5.10 Å². The van der Waals surface area contributed by atoms with Gasteiger partial charge in [0.2, 0.25) is 12.7 Å². The summed E-state index contributed by atoms with van der Waals surface area (Å²) in [5.74, 6) is 1.31. The minimum atomic E-state index is -0.110. The van der Waals surface area contributed by atoms with Crippen LogP contribution >= 0.6 is 0 Å². The van der Waals surface area contributed by atoms with Crippen LogP contribution in [0.1, 0.15) is 17.5 Å². The molecule has 0 saturated heterocycles. The zero-order valence-electron chi connectivity index (χ0n) is 12.0. The van der Waals surface area contributed by atoms with E-state index in [4.69, 9.17) is 9.47 Å². The van der Waals surface area contributed by atoms with E-state index in [0.717, 1.165) is 16.9 Å². The van der Waals surface area contributed by atoms with Gasteiger partial charge in [-0.15, -0.1) is 0 Å². The number of hydrogen-bond acceptors (Lipinski definition) is 4. The molecule has 5 nitrogen and oxygen atoms in total. The van der Waals surface area contributed by atoms with Crippen LogP contribution in [0.3, 0.4) is 0 Å². The van der Waals surface area contributed by atoms with Gasteiger partial charge < -0.3 is 9.47 Å². The van der Waals surface area contributed by atoms with Crippen LogP contribution in [-0.4, -0.2) is 18.9 Å². The second-order valence-corrected chi connectivity index (χ2v) is 4.89. The normalized spacial score (nSPS) is 12.5. The number of carbonyl (C=O) groups is 1. The molecule has 0 fully saturated rings. The van der Waals surface area contributed by atoms with Crippen LogP contribution in [0.2, 0.25) is 0 Å². The van der Waals surface area contributed by atoms with E-state index in [1.54, 1.807) is 6.21 Å². The number of amides is 1. The van der Waals surface area contributed by atoms with Crippen molar-refractivity contribution in [3.05, 3.63) is 59.7 Å². The number of nitrogens with one attached hydrogen (secondary N) is 1. The first kappa shape index (κ1) is 14.1. The fourth-order valence-electron chi connectivity index (χ4n) is 2.13. The molecule has 112 valence electrons. The SMILES string of the molecule is O=C(CCc1ccccc1)N/N=C/c1ccc2c(c1)OCO2. The van der Waals surface area contributed by atoms with Crippen molar-refractivity contribution >= 4 is 12.1 Å². The zero-order chi connectivity index (χ0) is 15.2. The summed E-state index contributed by atoms with van der Waals surface area (Å²) in [6.07, 6.45) is 2.69. The highest BCUT2D eigenvalue weighted by atomic mass is 16.7. The van der Waals surface area contributed by atoms with Gasteiger partial charge in [0.15, 0.2) is 11.5 Å². The van der Waals surface area contributed by atoms with Gasteiger partial charge in [0.1, 0.15) is 0 Å². The molecule has 1 amide bonds. The van der Waals surface area contributed by atoms with Crippen LogP contribution in [-0.2, 0) is 11.2 Å². The summed E-state index contributed by atoms with van der Waals surface area (Å²) < 4.78 is 10.5. The predicted molar refractivity (Wildman–Crippen MR) is 83.1 cm³/mol. The Morgan fingerprint density at radius 2 is 1.95 bits per heavy atom. The Labute approximate surface area is 128 Å². The third-order valence-corrected chi connectivity index (χ3v) is 3.28. The van der Waals surface area contributed by atoms with Crippen molar-refractivity contribution in [2.75, 3.05) is 6.79 Å². The smallest absolute Gasteiger partial charge is 0.240 e. The Balaban J connectivity index is 1.48. The van der Waals surface area contributed by atoms with E-state index in [9.17, 15) is 4.79 Å². The first-order valence-electron chi connectivity index (χ1n) is 7.07. The minimum Gasteiger partial charge on any atom is -0.454 e. The minimum absolute atomic E-state index is 0.110. The van der Waals surface area contributed by atoms with Gasteiger partial charge in [0, 0.05) is 6.42 Å². The molecule has 0 atom stereocenters. The van der Waals surface area contributed by atoms with Crippen LogP contribution in [0.25, 0.3) is 0 Å². The topological polar surface area (TPSA) is 59.9 Å². The van der Waals surface area contributed by atoms with E-state index < -0.39 is 0 Å². The van der Waals surface area contributed by atoms with Crippen molar-refractivity contribution in [3.63, 3.8) is 0 Å². The fraction of sp³-hybridized carbons (Fsp3) is 0.176. The standard InChI is InChI=1S/C17H16N2O3/c20-17(9-7-13-4-2-1-3-5-13)19-18-11-14-6-8-15-16(10-14)22-12-21-15/h1-6,8,10-11H,7,9,12H2,(H,19,20)/b18-11+. The average Bonchev–Trinajstić information content (AvgIpc) is 3.02. The lowest BCUT2D eigenvalue weighted by atomic mass is 10.1. The molecule has 0 saturated carbocycles. The lowest BCUT2D eigenvalue weighted by Gasteiger charge is -2.01. The highest BCUT2D eigenvalue weighted by Crippen LogP contribution is 2.31. The van der Waals surface area contributed by atoms with E-state index in [1.165, 1.54) is 0 Å². The van der Waals surface area contributed by atoms with Gasteiger partial charge in [0.25, 0.3) is 0 Å². The summed E-state index contributed by atoms with van der Waals surface area (Å²) in [6.45, 7) is 0.242. The van der Waals surface area contributed by atoms with E-state index >= 15 is 0 Å². The van der Waals surface area contributed by atoms with Gasteiger partial charge in [0.05, 0.1) is 6.21 Å². The van der Waals surface area contributed by atoms with Crippen molar-refractivity contribution in [1.82, 2.24) is 5.43 Å². The van der Waals surface area contributed by atoms with Crippen molar-refractivity contribution in [1.29, 1.82) is 0 Å². The number of aryl methyl sites for hydroxylation is 1. The molecule has 5 heteroatoms. The second kappa shape index (κ2) is 6.76. The molecule has 1 aliphatic heterocycles. The lowest BCUT2D eigenvalue weighted by molar-refractivity contribution is -0.121. The van der Waals surface area contributed by atoms with E-state index in [1.807, 2.05) is 48.5 Å². The Kier molecular flexibility index (Phi) is 4.34. The van der Waals surface area contributed by atoms with Crippen LogP contribution < -0.4 is 14.9 Å². The van der Waals surface area contributed by atoms with E-state index in [0.29, 0.717) is 18.6 Å². The third kappa shape index (κ3) is 3.63. The van der Waals surface area contributed by atoms with Gasteiger partial charge in [-0.25, -0.2) is 5.43 Å². The fourth-order valence-corrected chi connectivity index (χ4v) is 2.13. The Morgan fingerprint density at radius 1 is 1.14 bits per heavy atom. The number of carbonyl (C=O) groups excluding carboxylic acids is 1. The first-order valence-corrected chi connectivity index (χ1v) is 7.07. The molecule has 0 aromatic heterocycles. The largest absolute Gasteiger partial charge is 0.454 e. The number of ether oxygens (including phenoxy) is 2. The number of rotatable bonds is 5. The molecular formula is C17H16N2O3. The molecule has 0 aliphatic carbocycles. The highest BCUT2D eigenvalue weighted by molar-refractivity contribution is 5.83. The highest BCUT2D eigenvalue weighted by Gasteiger charge is 2.12. The van der Waals surface area contributed by atoms with E-state index in [2.05, 4.69) is 10.5 Å². The Morgan fingerprint density at radius 3 is 2.82 bits per heavy atom. The average molecular weight is 296 g/mol. The van der Waals surface area contributed by atoms with Gasteiger partial charge >= 0.3 is 0 Å². The van der Waals surface area contributed by atoms with Crippen molar-refractivity contribution in [3.8, 4) is 11.5 Å². The van der Waals surface area contributed by atoms with Gasteiger partial charge in [-0.1, -0.05) is 30.3 Å². The number of nitrogens with zero attached hydrogens (tertiary/aromatic N) is 1. The number of hydrazone groups is 1. The van der Waals surface area contributed by atoms with Crippen LogP contribution in [0, 0.1) is 0 Å². The second-order valence-electron chi connectivity index (χ2n) is 4.89. The summed E-state index contributed by atoms with van der Waals surface area (Å²) in [7, 11) is 0. The zero-order valence-corrected chi connectivity index (χ0v) is 12.0. The van der Waals surface area contributed by atoms with Crippen LogP contribution in [0.5, 0.6) is 11.5 Å². The van der Waals surface area contributed by atoms with Crippen LogP contribution in [0.15, 0.2) is 53.6 Å². The van der Waals surface area contributed by atoms with Crippen LogP contribution in [0.4, 0.5) is 0 Å². The van der Waals surface area contributed by atoms with E-state index in [-0.39, 0.29) is 12.7 Å². The lowest BCUT2D eigenvalue weighted by Crippen LogP contribution is -2.17.